The van der Waals surface area contributed by atoms with E-state index in [1.807, 2.05) is 0 Å². The molecule has 1 heterocycles. The molecule has 0 unspecified atom stereocenters. The molecule has 0 N–H and O–H groups in total. The standard InChI is InChI=1S/C13H22O3/c1-2-13(8-15-9-13)10-16-12(14)11-6-4-3-5-7-11/h11H,2-10H2,1H3. The third-order valence-electron chi connectivity index (χ3n) is 4.03. The molecule has 0 aromatic heterocycles. The molecule has 0 bridgehead atoms. The van der Waals surface area contributed by atoms with Crippen molar-refractivity contribution in [1.29, 1.82) is 0 Å². The van der Waals surface area contributed by atoms with Gasteiger partial charge in [-0.25, -0.2) is 0 Å². The first-order valence-corrected chi connectivity index (χ1v) is 6.50. The Kier molecular flexibility index (Phi) is 3.85. The Morgan fingerprint density at radius 1 is 1.31 bits per heavy atom. The van der Waals surface area contributed by atoms with E-state index in [-0.39, 0.29) is 17.3 Å². The summed E-state index contributed by atoms with van der Waals surface area (Å²) in [7, 11) is 0. The van der Waals surface area contributed by atoms with E-state index in [2.05, 4.69) is 6.92 Å². The zero-order chi connectivity index (χ0) is 11.4. The largest absolute Gasteiger partial charge is 0.465 e. The minimum absolute atomic E-state index is 0.0272. The van der Waals surface area contributed by atoms with Gasteiger partial charge in [0, 0.05) is 0 Å². The third-order valence-corrected chi connectivity index (χ3v) is 4.03. The quantitative estimate of drug-likeness (QED) is 0.691. The molecule has 0 amide bonds. The van der Waals surface area contributed by atoms with Gasteiger partial charge in [-0.15, -0.1) is 0 Å². The molecule has 2 rings (SSSR count). The summed E-state index contributed by atoms with van der Waals surface area (Å²) >= 11 is 0. The molecule has 1 saturated heterocycles. The molecule has 16 heavy (non-hydrogen) atoms. The normalized spacial score (nSPS) is 24.8. The van der Waals surface area contributed by atoms with Gasteiger partial charge in [0.1, 0.15) is 6.61 Å². The molecule has 1 aliphatic carbocycles. The fourth-order valence-corrected chi connectivity index (χ4v) is 2.46. The van der Waals surface area contributed by atoms with Crippen molar-refractivity contribution in [3.05, 3.63) is 0 Å². The van der Waals surface area contributed by atoms with Crippen molar-refractivity contribution in [3.63, 3.8) is 0 Å². The summed E-state index contributed by atoms with van der Waals surface area (Å²) in [6, 6.07) is 0. The second kappa shape index (κ2) is 5.17. The lowest BCUT2D eigenvalue weighted by molar-refractivity contribution is -0.174. The molecule has 0 aromatic rings. The fourth-order valence-electron chi connectivity index (χ4n) is 2.46. The summed E-state index contributed by atoms with van der Waals surface area (Å²) in [5.41, 5.74) is 0.129. The van der Waals surface area contributed by atoms with Crippen LogP contribution in [-0.2, 0) is 14.3 Å². The van der Waals surface area contributed by atoms with Crippen LogP contribution in [-0.4, -0.2) is 25.8 Å². The van der Waals surface area contributed by atoms with Crippen LogP contribution in [0.5, 0.6) is 0 Å². The van der Waals surface area contributed by atoms with Crippen LogP contribution in [0.3, 0.4) is 0 Å². The lowest BCUT2D eigenvalue weighted by Gasteiger charge is -2.40. The highest BCUT2D eigenvalue weighted by molar-refractivity contribution is 5.72. The number of rotatable bonds is 4. The molecule has 92 valence electrons. The molecular formula is C13H22O3. The minimum atomic E-state index is 0.0272. The first-order chi connectivity index (χ1) is 7.76. The second-order valence-corrected chi connectivity index (χ2v) is 5.29. The van der Waals surface area contributed by atoms with Crippen LogP contribution < -0.4 is 0 Å². The van der Waals surface area contributed by atoms with E-state index in [9.17, 15) is 4.79 Å². The van der Waals surface area contributed by atoms with Gasteiger partial charge in [0.15, 0.2) is 0 Å². The van der Waals surface area contributed by atoms with Crippen LogP contribution >= 0.6 is 0 Å². The van der Waals surface area contributed by atoms with Crippen molar-refractivity contribution in [2.75, 3.05) is 19.8 Å². The summed E-state index contributed by atoms with van der Waals surface area (Å²) in [6.07, 6.45) is 6.72. The van der Waals surface area contributed by atoms with Crippen molar-refractivity contribution in [3.8, 4) is 0 Å². The average molecular weight is 226 g/mol. The van der Waals surface area contributed by atoms with E-state index < -0.39 is 0 Å². The lowest BCUT2D eigenvalue weighted by Crippen LogP contribution is -2.46. The number of hydrogen-bond donors (Lipinski definition) is 0. The SMILES string of the molecule is CCC1(COC(=O)C2CCCCC2)COC1. The third kappa shape index (κ3) is 2.57. The molecule has 1 saturated carbocycles. The van der Waals surface area contributed by atoms with Gasteiger partial charge in [-0.05, 0) is 19.3 Å². The lowest BCUT2D eigenvalue weighted by atomic mass is 9.84. The fraction of sp³-hybridized carbons (Fsp3) is 0.923. The zero-order valence-electron chi connectivity index (χ0n) is 10.2. The summed E-state index contributed by atoms with van der Waals surface area (Å²) in [5, 5.41) is 0. The van der Waals surface area contributed by atoms with Gasteiger partial charge in [-0.1, -0.05) is 26.2 Å². The van der Waals surface area contributed by atoms with Crippen LogP contribution in [0, 0.1) is 11.3 Å². The topological polar surface area (TPSA) is 35.5 Å². The van der Waals surface area contributed by atoms with Gasteiger partial charge in [-0.3, -0.25) is 4.79 Å². The summed E-state index contributed by atoms with van der Waals surface area (Å²) in [4.78, 5) is 11.8. The smallest absolute Gasteiger partial charge is 0.308 e. The van der Waals surface area contributed by atoms with Gasteiger partial charge in [0.05, 0.1) is 24.5 Å². The first kappa shape index (κ1) is 11.9. The Morgan fingerprint density at radius 3 is 2.50 bits per heavy atom. The van der Waals surface area contributed by atoms with E-state index in [4.69, 9.17) is 9.47 Å². The van der Waals surface area contributed by atoms with Crippen LogP contribution in [0.4, 0.5) is 0 Å². The predicted octanol–water partition coefficient (Wildman–Crippen LogP) is 2.54. The maximum atomic E-state index is 11.8. The van der Waals surface area contributed by atoms with Crippen LogP contribution in [0.25, 0.3) is 0 Å². The first-order valence-electron chi connectivity index (χ1n) is 6.50. The van der Waals surface area contributed by atoms with Crippen molar-refractivity contribution in [2.45, 2.75) is 45.4 Å². The van der Waals surface area contributed by atoms with E-state index >= 15 is 0 Å². The number of carbonyl (C=O) groups excluding carboxylic acids is 1. The highest BCUT2D eigenvalue weighted by atomic mass is 16.5. The molecule has 0 atom stereocenters. The summed E-state index contributed by atoms with van der Waals surface area (Å²) < 4.78 is 10.7. The Hall–Kier alpha value is -0.570. The second-order valence-electron chi connectivity index (χ2n) is 5.29. The summed E-state index contributed by atoms with van der Waals surface area (Å²) in [5.74, 6) is 0.197. The maximum absolute atomic E-state index is 11.8. The number of hydrogen-bond acceptors (Lipinski definition) is 3. The molecule has 3 nitrogen and oxygen atoms in total. The molecule has 0 spiro atoms. The van der Waals surface area contributed by atoms with Crippen molar-refractivity contribution >= 4 is 5.97 Å². The molecule has 3 heteroatoms. The van der Waals surface area contributed by atoms with Crippen molar-refractivity contribution < 1.29 is 14.3 Å². The maximum Gasteiger partial charge on any atom is 0.308 e. The van der Waals surface area contributed by atoms with E-state index in [0.717, 1.165) is 32.5 Å². The van der Waals surface area contributed by atoms with E-state index in [0.29, 0.717) is 6.61 Å². The molecule has 1 aliphatic heterocycles. The highest BCUT2D eigenvalue weighted by Crippen LogP contribution is 2.32. The summed E-state index contributed by atoms with van der Waals surface area (Å²) in [6.45, 7) is 4.19. The van der Waals surface area contributed by atoms with E-state index in [1.165, 1.54) is 19.3 Å². The predicted molar refractivity (Wildman–Crippen MR) is 61.1 cm³/mol. The molecule has 2 aliphatic rings. The van der Waals surface area contributed by atoms with Crippen molar-refractivity contribution in [1.82, 2.24) is 0 Å². The average Bonchev–Trinajstić information content (AvgIpc) is 2.29. The van der Waals surface area contributed by atoms with Crippen LogP contribution in [0.15, 0.2) is 0 Å². The van der Waals surface area contributed by atoms with Gasteiger partial charge < -0.3 is 9.47 Å². The number of esters is 1. The Balaban J connectivity index is 1.74. The van der Waals surface area contributed by atoms with Gasteiger partial charge in [-0.2, -0.15) is 0 Å². The van der Waals surface area contributed by atoms with Gasteiger partial charge >= 0.3 is 5.97 Å². The van der Waals surface area contributed by atoms with Crippen LogP contribution in [0.1, 0.15) is 45.4 Å². The minimum Gasteiger partial charge on any atom is -0.465 e. The molecule has 0 radical (unpaired) electrons. The Labute approximate surface area is 97.5 Å². The van der Waals surface area contributed by atoms with Crippen molar-refractivity contribution in [2.24, 2.45) is 11.3 Å². The Bertz CT molecular complexity index is 234. The highest BCUT2D eigenvalue weighted by Gasteiger charge is 2.38. The number of ether oxygens (including phenoxy) is 2. The number of carbonyl (C=O) groups is 1. The molecular weight excluding hydrogens is 204 g/mol. The van der Waals surface area contributed by atoms with Gasteiger partial charge in [0.2, 0.25) is 0 Å². The van der Waals surface area contributed by atoms with E-state index in [1.54, 1.807) is 0 Å². The zero-order valence-corrected chi connectivity index (χ0v) is 10.2. The van der Waals surface area contributed by atoms with Crippen LogP contribution in [0.2, 0.25) is 0 Å². The Morgan fingerprint density at radius 2 is 2.00 bits per heavy atom. The van der Waals surface area contributed by atoms with Gasteiger partial charge in [0.25, 0.3) is 0 Å². The monoisotopic (exact) mass is 226 g/mol. The molecule has 2 fully saturated rings. The molecule has 0 aromatic carbocycles.